The van der Waals surface area contributed by atoms with Crippen LogP contribution in [-0.4, -0.2) is 33.2 Å². The molecule has 5 nitrogen and oxygen atoms in total. The van der Waals surface area contributed by atoms with Gasteiger partial charge in [0.15, 0.2) is 5.82 Å². The highest BCUT2D eigenvalue weighted by molar-refractivity contribution is 5.57. The van der Waals surface area contributed by atoms with Gasteiger partial charge in [0.05, 0.1) is 0 Å². The summed E-state index contributed by atoms with van der Waals surface area (Å²) in [4.78, 5) is 13.7. The van der Waals surface area contributed by atoms with Gasteiger partial charge in [-0.1, -0.05) is 13.0 Å². The number of aromatic nitrogens is 3. The zero-order valence-electron chi connectivity index (χ0n) is 12.2. The second kappa shape index (κ2) is 6.18. The number of aliphatic hydroxyl groups excluding tert-OH is 1. The summed E-state index contributed by atoms with van der Waals surface area (Å²) in [7, 11) is 0. The van der Waals surface area contributed by atoms with Gasteiger partial charge in [-0.15, -0.1) is 0 Å². The molecule has 2 heterocycles. The van der Waals surface area contributed by atoms with Gasteiger partial charge in [0.2, 0.25) is 0 Å². The molecule has 0 radical (unpaired) electrons. The van der Waals surface area contributed by atoms with Crippen LogP contribution in [-0.2, 0) is 12.8 Å². The molecule has 0 amide bonds. The molecule has 2 N–H and O–H groups in total. The van der Waals surface area contributed by atoms with Crippen LogP contribution < -0.4 is 5.32 Å². The first-order valence-electron chi connectivity index (χ1n) is 7.44. The van der Waals surface area contributed by atoms with Gasteiger partial charge in [0.1, 0.15) is 11.5 Å². The zero-order valence-corrected chi connectivity index (χ0v) is 12.2. The highest BCUT2D eigenvalue weighted by Gasteiger charge is 2.20. The summed E-state index contributed by atoms with van der Waals surface area (Å²) in [5.74, 6) is 1.78. The van der Waals surface area contributed by atoms with E-state index >= 15 is 0 Å². The molecule has 0 aliphatic heterocycles. The lowest BCUT2D eigenvalue weighted by molar-refractivity contribution is 0.244. The van der Waals surface area contributed by atoms with Crippen molar-refractivity contribution in [3.05, 3.63) is 35.7 Å². The van der Waals surface area contributed by atoms with Crippen LogP contribution in [0.2, 0.25) is 0 Å². The van der Waals surface area contributed by atoms with Gasteiger partial charge in [-0.05, 0) is 37.3 Å². The van der Waals surface area contributed by atoms with E-state index in [2.05, 4.69) is 20.3 Å². The molecule has 110 valence electrons. The third kappa shape index (κ3) is 3.03. The Morgan fingerprint density at radius 3 is 2.95 bits per heavy atom. The van der Waals surface area contributed by atoms with Crippen molar-refractivity contribution in [2.75, 3.05) is 18.5 Å². The fourth-order valence-electron chi connectivity index (χ4n) is 2.52. The van der Waals surface area contributed by atoms with Gasteiger partial charge in [-0.3, -0.25) is 4.98 Å². The fourth-order valence-corrected chi connectivity index (χ4v) is 2.52. The van der Waals surface area contributed by atoms with E-state index in [1.54, 1.807) is 6.20 Å². The molecule has 0 fully saturated rings. The number of rotatable bonds is 5. The Bertz CT molecular complexity index is 615. The third-order valence-electron chi connectivity index (χ3n) is 3.76. The van der Waals surface area contributed by atoms with Gasteiger partial charge < -0.3 is 10.4 Å². The van der Waals surface area contributed by atoms with Crippen molar-refractivity contribution in [1.82, 2.24) is 15.0 Å². The number of hydrogen-bond donors (Lipinski definition) is 2. The summed E-state index contributed by atoms with van der Waals surface area (Å²) >= 11 is 0. The van der Waals surface area contributed by atoms with Crippen molar-refractivity contribution in [2.45, 2.75) is 26.2 Å². The monoisotopic (exact) mass is 284 g/mol. The summed E-state index contributed by atoms with van der Waals surface area (Å²) < 4.78 is 0. The summed E-state index contributed by atoms with van der Waals surface area (Å²) in [6.45, 7) is 2.89. The highest BCUT2D eigenvalue weighted by Crippen LogP contribution is 2.28. The summed E-state index contributed by atoms with van der Waals surface area (Å²) in [6.07, 6.45) is 4.91. The fraction of sp³-hybridized carbons (Fsp3) is 0.438. The lowest BCUT2D eigenvalue weighted by Gasteiger charge is -2.14. The molecule has 3 rings (SSSR count). The second-order valence-corrected chi connectivity index (χ2v) is 5.56. The molecule has 21 heavy (non-hydrogen) atoms. The number of aryl methyl sites for hydroxylation is 1. The van der Waals surface area contributed by atoms with E-state index in [4.69, 9.17) is 5.11 Å². The minimum absolute atomic E-state index is 0.174. The van der Waals surface area contributed by atoms with E-state index in [0.29, 0.717) is 12.4 Å². The number of nitrogens with one attached hydrogen (secondary N) is 1. The number of fused-ring (bicyclic) bond motifs is 1. The van der Waals surface area contributed by atoms with Crippen LogP contribution >= 0.6 is 0 Å². The minimum Gasteiger partial charge on any atom is -0.396 e. The topological polar surface area (TPSA) is 70.9 Å². The van der Waals surface area contributed by atoms with Gasteiger partial charge >= 0.3 is 0 Å². The van der Waals surface area contributed by atoms with E-state index < -0.39 is 0 Å². The first kappa shape index (κ1) is 13.9. The van der Waals surface area contributed by atoms with Crippen molar-refractivity contribution >= 4 is 5.82 Å². The Kier molecular flexibility index (Phi) is 4.10. The first-order valence-corrected chi connectivity index (χ1v) is 7.44. The molecule has 1 atom stereocenters. The van der Waals surface area contributed by atoms with Crippen molar-refractivity contribution in [1.29, 1.82) is 0 Å². The van der Waals surface area contributed by atoms with Crippen LogP contribution in [0, 0.1) is 5.92 Å². The van der Waals surface area contributed by atoms with E-state index in [0.717, 1.165) is 36.5 Å². The maximum absolute atomic E-state index is 9.16. The molecular formula is C16H20N4O. The molecule has 0 aromatic carbocycles. The van der Waals surface area contributed by atoms with Gasteiger partial charge in [-0.25, -0.2) is 9.97 Å². The molecule has 5 heteroatoms. The molecule has 2 aromatic heterocycles. The van der Waals surface area contributed by atoms with Crippen LogP contribution in [0.15, 0.2) is 24.4 Å². The summed E-state index contributed by atoms with van der Waals surface area (Å²) in [5, 5.41) is 12.5. The van der Waals surface area contributed by atoms with Crippen LogP contribution in [0.4, 0.5) is 5.82 Å². The Balaban J connectivity index is 1.93. The van der Waals surface area contributed by atoms with Gasteiger partial charge in [-0.2, -0.15) is 0 Å². The number of aliphatic hydroxyl groups is 1. The first-order chi connectivity index (χ1) is 10.3. The summed E-state index contributed by atoms with van der Waals surface area (Å²) in [5.41, 5.74) is 3.15. The van der Waals surface area contributed by atoms with Crippen LogP contribution in [0.5, 0.6) is 0 Å². The van der Waals surface area contributed by atoms with E-state index in [-0.39, 0.29) is 12.5 Å². The SMILES string of the molecule is CC(CO)CNc1nc(-c2ccccn2)nc2c1CCC2. The number of anilines is 1. The average molecular weight is 284 g/mol. The zero-order chi connectivity index (χ0) is 14.7. The lowest BCUT2D eigenvalue weighted by Crippen LogP contribution is -2.17. The lowest BCUT2D eigenvalue weighted by atomic mass is 10.2. The molecule has 0 bridgehead atoms. The predicted molar refractivity (Wildman–Crippen MR) is 82.0 cm³/mol. The second-order valence-electron chi connectivity index (χ2n) is 5.56. The van der Waals surface area contributed by atoms with Crippen molar-refractivity contribution in [3.63, 3.8) is 0 Å². The van der Waals surface area contributed by atoms with E-state index in [1.165, 1.54) is 5.56 Å². The number of nitrogens with zero attached hydrogens (tertiary/aromatic N) is 3. The largest absolute Gasteiger partial charge is 0.396 e. The molecule has 1 aliphatic carbocycles. The average Bonchev–Trinajstić information content (AvgIpc) is 3.01. The Labute approximate surface area is 124 Å². The van der Waals surface area contributed by atoms with Crippen LogP contribution in [0.25, 0.3) is 11.5 Å². The number of hydrogen-bond acceptors (Lipinski definition) is 5. The minimum atomic E-state index is 0.174. The molecule has 0 spiro atoms. The van der Waals surface area contributed by atoms with Crippen molar-refractivity contribution in [3.8, 4) is 11.5 Å². The van der Waals surface area contributed by atoms with Crippen molar-refractivity contribution < 1.29 is 5.11 Å². The molecule has 0 saturated carbocycles. The molecule has 1 aliphatic rings. The molecule has 2 aromatic rings. The highest BCUT2D eigenvalue weighted by atomic mass is 16.3. The quantitative estimate of drug-likeness (QED) is 0.879. The molecule has 0 saturated heterocycles. The standard InChI is InChI=1S/C16H20N4O/c1-11(10-21)9-18-15-12-5-4-7-13(12)19-16(20-15)14-6-2-3-8-17-14/h2-3,6,8,11,21H,4-5,7,9-10H2,1H3,(H,18,19,20). The van der Waals surface area contributed by atoms with E-state index in [9.17, 15) is 0 Å². The Morgan fingerprint density at radius 2 is 2.19 bits per heavy atom. The normalized spacial score (nSPS) is 14.8. The Morgan fingerprint density at radius 1 is 1.29 bits per heavy atom. The third-order valence-corrected chi connectivity index (χ3v) is 3.76. The number of pyridine rings is 1. The molecule has 1 unspecified atom stereocenters. The van der Waals surface area contributed by atoms with Gasteiger partial charge in [0.25, 0.3) is 0 Å². The Hall–Kier alpha value is -2.01. The smallest absolute Gasteiger partial charge is 0.180 e. The van der Waals surface area contributed by atoms with Gasteiger partial charge in [0, 0.05) is 30.6 Å². The van der Waals surface area contributed by atoms with Crippen LogP contribution in [0.3, 0.4) is 0 Å². The maximum atomic E-state index is 9.16. The maximum Gasteiger partial charge on any atom is 0.180 e. The van der Waals surface area contributed by atoms with E-state index in [1.807, 2.05) is 25.1 Å². The summed E-state index contributed by atoms with van der Waals surface area (Å²) in [6, 6.07) is 5.76. The van der Waals surface area contributed by atoms with Crippen molar-refractivity contribution in [2.24, 2.45) is 5.92 Å². The molecular weight excluding hydrogens is 264 g/mol. The van der Waals surface area contributed by atoms with Crippen LogP contribution in [0.1, 0.15) is 24.6 Å². The predicted octanol–water partition coefficient (Wildman–Crippen LogP) is 2.07.